The predicted octanol–water partition coefficient (Wildman–Crippen LogP) is 0.856. The van der Waals surface area contributed by atoms with Crippen LogP contribution in [0.15, 0.2) is 12.4 Å². The number of piperazine rings is 1. The lowest BCUT2D eigenvalue weighted by atomic mass is 10.1. The first-order valence-corrected chi connectivity index (χ1v) is 6.51. The molecular formula is C13H23N5. The molecule has 0 aromatic carbocycles. The van der Waals surface area contributed by atoms with E-state index < -0.39 is 0 Å². The highest BCUT2D eigenvalue weighted by Gasteiger charge is 2.26. The van der Waals surface area contributed by atoms with E-state index in [0.717, 1.165) is 37.7 Å². The molecular weight excluding hydrogens is 226 g/mol. The lowest BCUT2D eigenvalue weighted by Gasteiger charge is -2.42. The summed E-state index contributed by atoms with van der Waals surface area (Å²) in [6, 6.07) is 0. The van der Waals surface area contributed by atoms with E-state index in [0.29, 0.717) is 6.54 Å². The molecule has 18 heavy (non-hydrogen) atoms. The van der Waals surface area contributed by atoms with Gasteiger partial charge in [-0.15, -0.1) is 0 Å². The summed E-state index contributed by atoms with van der Waals surface area (Å²) in [5.41, 5.74) is 6.70. The van der Waals surface area contributed by atoms with E-state index in [2.05, 4.69) is 40.5 Å². The van der Waals surface area contributed by atoms with Crippen molar-refractivity contribution in [1.82, 2.24) is 14.9 Å². The second-order valence-corrected chi connectivity index (χ2v) is 5.72. The average molecular weight is 249 g/mol. The highest BCUT2D eigenvalue weighted by Crippen LogP contribution is 2.18. The highest BCUT2D eigenvalue weighted by molar-refractivity contribution is 5.37. The minimum absolute atomic E-state index is 0.247. The largest absolute Gasteiger partial charge is 0.353 e. The van der Waals surface area contributed by atoms with Crippen molar-refractivity contribution in [3.63, 3.8) is 0 Å². The monoisotopic (exact) mass is 249 g/mol. The molecule has 0 aliphatic carbocycles. The van der Waals surface area contributed by atoms with Gasteiger partial charge < -0.3 is 10.6 Å². The lowest BCUT2D eigenvalue weighted by molar-refractivity contribution is 0.128. The van der Waals surface area contributed by atoms with E-state index >= 15 is 0 Å². The van der Waals surface area contributed by atoms with Crippen LogP contribution >= 0.6 is 0 Å². The Morgan fingerprint density at radius 3 is 2.39 bits per heavy atom. The maximum absolute atomic E-state index is 5.60. The predicted molar refractivity (Wildman–Crippen MR) is 73.5 cm³/mol. The molecule has 1 aliphatic rings. The second kappa shape index (κ2) is 5.20. The fourth-order valence-electron chi connectivity index (χ4n) is 2.25. The van der Waals surface area contributed by atoms with Crippen molar-refractivity contribution in [3.05, 3.63) is 18.1 Å². The first-order valence-electron chi connectivity index (χ1n) is 6.51. The molecule has 0 unspecified atom stereocenters. The Balaban J connectivity index is 2.01. The maximum atomic E-state index is 5.60. The third-order valence-corrected chi connectivity index (χ3v) is 3.43. The van der Waals surface area contributed by atoms with Gasteiger partial charge in [-0.25, -0.2) is 4.98 Å². The van der Waals surface area contributed by atoms with Crippen molar-refractivity contribution >= 4 is 5.82 Å². The highest BCUT2D eigenvalue weighted by atomic mass is 15.3. The van der Waals surface area contributed by atoms with Crippen molar-refractivity contribution in [2.24, 2.45) is 5.73 Å². The molecule has 0 spiro atoms. The summed E-state index contributed by atoms with van der Waals surface area (Å²) in [6.45, 7) is 11.4. The maximum Gasteiger partial charge on any atom is 0.147 e. The number of hydrogen-bond donors (Lipinski definition) is 1. The third kappa shape index (κ3) is 2.97. The second-order valence-electron chi connectivity index (χ2n) is 5.72. The zero-order valence-corrected chi connectivity index (χ0v) is 11.6. The van der Waals surface area contributed by atoms with Crippen LogP contribution in [-0.4, -0.2) is 46.6 Å². The summed E-state index contributed by atoms with van der Waals surface area (Å²) >= 11 is 0. The fraction of sp³-hybridized carbons (Fsp3) is 0.692. The molecule has 0 radical (unpaired) electrons. The molecule has 5 nitrogen and oxygen atoms in total. The number of nitrogens with two attached hydrogens (primary N) is 1. The van der Waals surface area contributed by atoms with E-state index in [4.69, 9.17) is 5.73 Å². The van der Waals surface area contributed by atoms with E-state index in [-0.39, 0.29) is 5.54 Å². The zero-order chi connectivity index (χ0) is 13.2. The van der Waals surface area contributed by atoms with E-state index in [9.17, 15) is 0 Å². The number of anilines is 1. The summed E-state index contributed by atoms with van der Waals surface area (Å²) in [5.74, 6) is 0.950. The van der Waals surface area contributed by atoms with Gasteiger partial charge >= 0.3 is 0 Å². The van der Waals surface area contributed by atoms with Crippen LogP contribution in [0, 0.1) is 0 Å². The molecule has 100 valence electrons. The van der Waals surface area contributed by atoms with Crippen LogP contribution < -0.4 is 10.6 Å². The summed E-state index contributed by atoms with van der Waals surface area (Å²) in [6.07, 6.45) is 3.56. The molecule has 0 bridgehead atoms. The van der Waals surface area contributed by atoms with E-state index in [1.54, 1.807) is 6.20 Å². The van der Waals surface area contributed by atoms with Crippen LogP contribution in [0.1, 0.15) is 26.5 Å². The van der Waals surface area contributed by atoms with Gasteiger partial charge in [-0.2, -0.15) is 0 Å². The quantitative estimate of drug-likeness (QED) is 0.842. The SMILES string of the molecule is CC(C)(C)N1CCN(c2cncc(CN)n2)CC1. The minimum Gasteiger partial charge on any atom is -0.353 e. The molecule has 2 rings (SSSR count). The topological polar surface area (TPSA) is 58.3 Å². The number of hydrogen-bond acceptors (Lipinski definition) is 5. The molecule has 1 aromatic heterocycles. The number of rotatable bonds is 2. The van der Waals surface area contributed by atoms with Crippen LogP contribution in [0.5, 0.6) is 0 Å². The Morgan fingerprint density at radius 1 is 1.17 bits per heavy atom. The summed E-state index contributed by atoms with van der Waals surface area (Å²) in [4.78, 5) is 13.5. The van der Waals surface area contributed by atoms with Gasteiger partial charge in [0.1, 0.15) is 5.82 Å². The Labute approximate surface area is 109 Å². The van der Waals surface area contributed by atoms with E-state index in [1.807, 2.05) is 6.20 Å². The van der Waals surface area contributed by atoms with Gasteiger partial charge in [-0.1, -0.05) is 0 Å². The van der Waals surface area contributed by atoms with Gasteiger partial charge in [0.25, 0.3) is 0 Å². The van der Waals surface area contributed by atoms with Gasteiger partial charge in [-0.05, 0) is 20.8 Å². The van der Waals surface area contributed by atoms with Crippen molar-refractivity contribution < 1.29 is 0 Å². The fourth-order valence-corrected chi connectivity index (χ4v) is 2.25. The molecule has 1 fully saturated rings. The van der Waals surface area contributed by atoms with Gasteiger partial charge in [0.05, 0.1) is 11.9 Å². The molecule has 2 heterocycles. The van der Waals surface area contributed by atoms with Crippen molar-refractivity contribution in [3.8, 4) is 0 Å². The average Bonchev–Trinajstić information content (AvgIpc) is 2.38. The molecule has 1 aromatic rings. The van der Waals surface area contributed by atoms with Crippen LogP contribution in [0.3, 0.4) is 0 Å². The Bertz CT molecular complexity index is 391. The number of aromatic nitrogens is 2. The Kier molecular flexibility index (Phi) is 3.82. The number of nitrogens with zero attached hydrogens (tertiary/aromatic N) is 4. The van der Waals surface area contributed by atoms with Gasteiger partial charge in [0.15, 0.2) is 0 Å². The first-order chi connectivity index (χ1) is 8.50. The summed E-state index contributed by atoms with van der Waals surface area (Å²) in [5, 5.41) is 0. The molecule has 0 saturated carbocycles. The van der Waals surface area contributed by atoms with Crippen molar-refractivity contribution in [1.29, 1.82) is 0 Å². The van der Waals surface area contributed by atoms with Crippen LogP contribution in [0.25, 0.3) is 0 Å². The van der Waals surface area contributed by atoms with Crippen LogP contribution in [-0.2, 0) is 6.54 Å². The smallest absolute Gasteiger partial charge is 0.147 e. The normalized spacial score (nSPS) is 18.1. The Hall–Kier alpha value is -1.20. The van der Waals surface area contributed by atoms with Crippen molar-refractivity contribution in [2.45, 2.75) is 32.9 Å². The summed E-state index contributed by atoms with van der Waals surface area (Å²) < 4.78 is 0. The minimum atomic E-state index is 0.247. The first kappa shape index (κ1) is 13.2. The molecule has 1 saturated heterocycles. The van der Waals surface area contributed by atoms with Gasteiger partial charge in [0.2, 0.25) is 0 Å². The Morgan fingerprint density at radius 2 is 1.83 bits per heavy atom. The van der Waals surface area contributed by atoms with Gasteiger partial charge in [-0.3, -0.25) is 9.88 Å². The summed E-state index contributed by atoms with van der Waals surface area (Å²) in [7, 11) is 0. The van der Waals surface area contributed by atoms with Gasteiger partial charge in [0, 0.05) is 44.5 Å². The molecule has 0 amide bonds. The molecule has 2 N–H and O–H groups in total. The van der Waals surface area contributed by atoms with Crippen LogP contribution in [0.4, 0.5) is 5.82 Å². The molecule has 0 atom stereocenters. The zero-order valence-electron chi connectivity index (χ0n) is 11.6. The van der Waals surface area contributed by atoms with E-state index in [1.165, 1.54) is 0 Å². The molecule has 5 heteroatoms. The third-order valence-electron chi connectivity index (χ3n) is 3.43. The standard InChI is InChI=1S/C13H23N5/c1-13(2,3)18-6-4-17(5-7-18)12-10-15-9-11(8-14)16-12/h9-10H,4-8,14H2,1-3H3. The lowest BCUT2D eigenvalue weighted by Crippen LogP contribution is -2.53. The van der Waals surface area contributed by atoms with Crippen LogP contribution in [0.2, 0.25) is 0 Å². The molecule has 1 aliphatic heterocycles. The van der Waals surface area contributed by atoms with Crippen molar-refractivity contribution in [2.75, 3.05) is 31.1 Å².